The number of hydrogen-bond acceptors (Lipinski definition) is 4. The molecule has 1 N–H and O–H groups in total. The molecule has 0 amide bonds. The maximum Gasteiger partial charge on any atom is 0.291 e. The molecule has 1 aliphatic heterocycles. The van der Waals surface area contributed by atoms with Gasteiger partial charge in [-0.05, 0) is 19.1 Å². The van der Waals surface area contributed by atoms with Crippen LogP contribution in [0.3, 0.4) is 0 Å². The summed E-state index contributed by atoms with van der Waals surface area (Å²) < 4.78 is 28.2. The van der Waals surface area contributed by atoms with Crippen LogP contribution in [0.1, 0.15) is 5.56 Å². The summed E-state index contributed by atoms with van der Waals surface area (Å²) in [7, 11) is -3.50. The lowest BCUT2D eigenvalue weighted by Crippen LogP contribution is -3.14. The highest BCUT2D eigenvalue weighted by atomic mass is 35.5. The molecule has 0 unspecified atom stereocenters. The molecule has 0 bridgehead atoms. The minimum absolute atomic E-state index is 0.0540. The van der Waals surface area contributed by atoms with Crippen LogP contribution in [-0.4, -0.2) is 48.7 Å². The van der Waals surface area contributed by atoms with E-state index in [1.807, 2.05) is 6.92 Å². The number of aromatic nitrogens is 2. The Balaban J connectivity index is 1.67. The number of rotatable bonds is 4. The molecule has 0 spiro atoms. The second-order valence-electron chi connectivity index (χ2n) is 6.24. The van der Waals surface area contributed by atoms with Gasteiger partial charge in [0.15, 0.2) is 6.67 Å². The van der Waals surface area contributed by atoms with Gasteiger partial charge < -0.3 is 4.90 Å². The summed E-state index contributed by atoms with van der Waals surface area (Å²) in [6.07, 6.45) is 1.34. The second kappa shape index (κ2) is 7.66. The predicted octanol–water partition coefficient (Wildman–Crippen LogP) is 0.405. The third-order valence-electron chi connectivity index (χ3n) is 4.40. The molecule has 1 saturated heterocycles. The van der Waals surface area contributed by atoms with E-state index < -0.39 is 15.6 Å². The Labute approximate surface area is 161 Å². The number of sulfonamides is 1. The molecule has 26 heavy (non-hydrogen) atoms. The molecule has 7 nitrogen and oxygen atoms in total. The molecule has 3 rings (SSSR count). The van der Waals surface area contributed by atoms with Gasteiger partial charge in [-0.25, -0.2) is 8.42 Å². The number of quaternary nitrogens is 1. The summed E-state index contributed by atoms with van der Waals surface area (Å²) in [6.45, 7) is 4.12. The highest BCUT2D eigenvalue weighted by Gasteiger charge is 2.30. The van der Waals surface area contributed by atoms with Crippen molar-refractivity contribution < 1.29 is 13.3 Å². The van der Waals surface area contributed by atoms with Gasteiger partial charge in [-0.15, -0.1) is 0 Å². The first kappa shape index (κ1) is 19.3. The molecular weight excluding hydrogens is 399 g/mol. The van der Waals surface area contributed by atoms with E-state index in [4.69, 9.17) is 23.2 Å². The van der Waals surface area contributed by atoms with Gasteiger partial charge >= 0.3 is 0 Å². The Morgan fingerprint density at radius 1 is 1.15 bits per heavy atom. The van der Waals surface area contributed by atoms with Crippen molar-refractivity contribution in [2.24, 2.45) is 0 Å². The molecule has 0 radical (unpaired) electrons. The standard InChI is InChI=1S/C16H18Cl2N4O3S/c1-12-2-4-13(5-3-12)26(24,25)21-8-6-20(7-9-21)11-22-16(23)15(18)14(17)10-19-22/h2-5,10H,6-9,11H2,1H3/p+1. The molecule has 1 aliphatic rings. The van der Waals surface area contributed by atoms with Gasteiger partial charge in [-0.2, -0.15) is 14.1 Å². The zero-order chi connectivity index (χ0) is 18.9. The molecule has 2 heterocycles. The SMILES string of the molecule is Cc1ccc(S(=O)(=O)N2CC[NH+](Cn3ncc(Cl)c(Cl)c3=O)CC2)cc1. The van der Waals surface area contributed by atoms with Crippen LogP contribution < -0.4 is 10.5 Å². The Kier molecular flexibility index (Phi) is 5.69. The lowest BCUT2D eigenvalue weighted by Gasteiger charge is -2.31. The van der Waals surface area contributed by atoms with Crippen LogP contribution in [0.2, 0.25) is 10.0 Å². The van der Waals surface area contributed by atoms with Crippen molar-refractivity contribution in [1.82, 2.24) is 14.1 Å². The third-order valence-corrected chi connectivity index (χ3v) is 7.07. The van der Waals surface area contributed by atoms with Gasteiger partial charge in [0.1, 0.15) is 5.02 Å². The van der Waals surface area contributed by atoms with E-state index in [1.54, 1.807) is 24.3 Å². The normalized spacial score (nSPS) is 16.7. The Hall–Kier alpha value is -1.45. The predicted molar refractivity (Wildman–Crippen MR) is 99.2 cm³/mol. The van der Waals surface area contributed by atoms with E-state index in [1.165, 1.54) is 15.2 Å². The molecule has 1 aromatic heterocycles. The Morgan fingerprint density at radius 3 is 2.38 bits per heavy atom. The number of nitrogens with zero attached hydrogens (tertiary/aromatic N) is 3. The van der Waals surface area contributed by atoms with Gasteiger partial charge in [-0.3, -0.25) is 4.79 Å². The van der Waals surface area contributed by atoms with Crippen molar-refractivity contribution in [3.05, 3.63) is 56.4 Å². The summed E-state index contributed by atoms with van der Waals surface area (Å²) >= 11 is 11.6. The first-order valence-electron chi connectivity index (χ1n) is 8.10. The van der Waals surface area contributed by atoms with Gasteiger partial charge in [0.05, 0.1) is 42.3 Å². The zero-order valence-electron chi connectivity index (χ0n) is 14.2. The lowest BCUT2D eigenvalue weighted by molar-refractivity contribution is -0.927. The molecule has 140 valence electrons. The van der Waals surface area contributed by atoms with E-state index in [2.05, 4.69) is 5.10 Å². The van der Waals surface area contributed by atoms with Gasteiger partial charge in [0.25, 0.3) is 5.56 Å². The maximum atomic E-state index is 12.7. The van der Waals surface area contributed by atoms with E-state index >= 15 is 0 Å². The number of benzene rings is 1. The quantitative estimate of drug-likeness (QED) is 0.781. The number of nitrogens with one attached hydrogen (secondary N) is 1. The van der Waals surface area contributed by atoms with Crippen LogP contribution in [-0.2, 0) is 16.7 Å². The average Bonchev–Trinajstić information content (AvgIpc) is 2.63. The van der Waals surface area contributed by atoms with Crippen molar-refractivity contribution in [2.45, 2.75) is 18.5 Å². The van der Waals surface area contributed by atoms with Crippen molar-refractivity contribution in [3.63, 3.8) is 0 Å². The Morgan fingerprint density at radius 2 is 1.77 bits per heavy atom. The molecule has 10 heteroatoms. The van der Waals surface area contributed by atoms with E-state index in [-0.39, 0.29) is 10.0 Å². The van der Waals surface area contributed by atoms with Gasteiger partial charge in [0.2, 0.25) is 10.0 Å². The van der Waals surface area contributed by atoms with Crippen LogP contribution in [0, 0.1) is 6.92 Å². The molecule has 0 saturated carbocycles. The van der Waals surface area contributed by atoms with Crippen LogP contribution >= 0.6 is 23.2 Å². The first-order chi connectivity index (χ1) is 12.3. The molecule has 2 aromatic rings. The average molecular weight is 418 g/mol. The molecule has 0 aliphatic carbocycles. The fourth-order valence-corrected chi connectivity index (χ4v) is 4.54. The van der Waals surface area contributed by atoms with E-state index in [9.17, 15) is 13.2 Å². The summed E-state index contributed by atoms with van der Waals surface area (Å²) in [5, 5.41) is 4.06. The van der Waals surface area contributed by atoms with Crippen LogP contribution in [0.25, 0.3) is 0 Å². The fourth-order valence-electron chi connectivity index (χ4n) is 2.83. The van der Waals surface area contributed by atoms with Crippen molar-refractivity contribution in [3.8, 4) is 0 Å². The zero-order valence-corrected chi connectivity index (χ0v) is 16.5. The summed E-state index contributed by atoms with van der Waals surface area (Å²) in [6, 6.07) is 6.83. The summed E-state index contributed by atoms with van der Waals surface area (Å²) in [4.78, 5) is 13.4. The number of hydrogen-bond donors (Lipinski definition) is 1. The number of aryl methyl sites for hydroxylation is 1. The highest BCUT2D eigenvalue weighted by Crippen LogP contribution is 2.16. The maximum absolute atomic E-state index is 12.7. The smallest absolute Gasteiger partial charge is 0.291 e. The number of halogens is 2. The highest BCUT2D eigenvalue weighted by molar-refractivity contribution is 7.89. The molecule has 1 fully saturated rings. The molecule has 1 aromatic carbocycles. The van der Waals surface area contributed by atoms with Gasteiger partial charge in [-0.1, -0.05) is 40.9 Å². The second-order valence-corrected chi connectivity index (χ2v) is 8.96. The summed E-state index contributed by atoms with van der Waals surface area (Å²) in [5.41, 5.74) is 0.569. The number of piperazine rings is 1. The van der Waals surface area contributed by atoms with Crippen LogP contribution in [0.5, 0.6) is 0 Å². The van der Waals surface area contributed by atoms with Crippen molar-refractivity contribution in [1.29, 1.82) is 0 Å². The minimum Gasteiger partial charge on any atom is -0.314 e. The first-order valence-corrected chi connectivity index (χ1v) is 10.3. The fraction of sp³-hybridized carbons (Fsp3) is 0.375. The van der Waals surface area contributed by atoms with E-state index in [0.29, 0.717) is 37.7 Å². The third kappa shape index (κ3) is 3.94. The monoisotopic (exact) mass is 417 g/mol. The molecule has 0 atom stereocenters. The minimum atomic E-state index is -3.50. The van der Waals surface area contributed by atoms with E-state index in [0.717, 1.165) is 10.5 Å². The van der Waals surface area contributed by atoms with Crippen LogP contribution in [0.15, 0.2) is 40.2 Å². The lowest BCUT2D eigenvalue weighted by atomic mass is 10.2. The van der Waals surface area contributed by atoms with Crippen LogP contribution in [0.4, 0.5) is 0 Å². The van der Waals surface area contributed by atoms with Gasteiger partial charge in [0, 0.05) is 0 Å². The Bertz CT molecular complexity index is 952. The topological polar surface area (TPSA) is 76.7 Å². The van der Waals surface area contributed by atoms with Crippen molar-refractivity contribution in [2.75, 3.05) is 26.2 Å². The summed E-state index contributed by atoms with van der Waals surface area (Å²) in [5.74, 6) is 0. The van der Waals surface area contributed by atoms with Crippen molar-refractivity contribution >= 4 is 33.2 Å². The largest absolute Gasteiger partial charge is 0.314 e. The molecular formula is C16H19Cl2N4O3S+.